The van der Waals surface area contributed by atoms with Crippen molar-refractivity contribution < 1.29 is 17.9 Å². The molecule has 0 aromatic heterocycles. The first-order valence-electron chi connectivity index (χ1n) is 10.0. The van der Waals surface area contributed by atoms with Crippen molar-refractivity contribution in [1.82, 2.24) is 9.21 Å². The van der Waals surface area contributed by atoms with Crippen LogP contribution < -0.4 is 0 Å². The van der Waals surface area contributed by atoms with Crippen LogP contribution in [0, 0.1) is 5.41 Å². The van der Waals surface area contributed by atoms with E-state index in [1.54, 1.807) is 10.4 Å². The van der Waals surface area contributed by atoms with E-state index >= 15 is 0 Å². The van der Waals surface area contributed by atoms with Gasteiger partial charge >= 0.3 is 0 Å². The van der Waals surface area contributed by atoms with E-state index in [1.807, 2.05) is 18.2 Å². The van der Waals surface area contributed by atoms with Crippen molar-refractivity contribution in [3.63, 3.8) is 0 Å². The molecule has 1 aromatic rings. The second-order valence-corrected chi connectivity index (χ2v) is 9.98. The van der Waals surface area contributed by atoms with E-state index in [-0.39, 0.29) is 0 Å². The maximum atomic E-state index is 13.1. The SMILES string of the molecule is CCOC1CC2(CCN(Cc3ccccc3S(=O)(=O)N3CCOCC3)C2)C1. The van der Waals surface area contributed by atoms with Gasteiger partial charge in [0.1, 0.15) is 0 Å². The zero-order valence-electron chi connectivity index (χ0n) is 16.1. The highest BCUT2D eigenvalue weighted by Crippen LogP contribution is 2.49. The Bertz CT molecular complexity index is 755. The Morgan fingerprint density at radius 3 is 2.67 bits per heavy atom. The minimum Gasteiger partial charge on any atom is -0.379 e. The molecule has 2 saturated heterocycles. The lowest BCUT2D eigenvalue weighted by Crippen LogP contribution is -2.44. The highest BCUT2D eigenvalue weighted by molar-refractivity contribution is 7.89. The highest BCUT2D eigenvalue weighted by Gasteiger charge is 2.48. The van der Waals surface area contributed by atoms with Gasteiger partial charge in [-0.05, 0) is 49.8 Å². The highest BCUT2D eigenvalue weighted by atomic mass is 32.2. The average molecular weight is 395 g/mol. The Morgan fingerprint density at radius 1 is 1.19 bits per heavy atom. The standard InChI is InChI=1S/C20H30N2O4S/c1-2-26-18-13-20(14-18)7-8-21(16-20)15-17-5-3-4-6-19(17)27(23,24)22-9-11-25-12-10-22/h3-6,18H,2,7-16H2,1H3. The van der Waals surface area contributed by atoms with Crippen molar-refractivity contribution in [2.45, 2.75) is 43.7 Å². The normalized spacial score (nSPS) is 29.9. The number of rotatable bonds is 6. The van der Waals surface area contributed by atoms with E-state index in [9.17, 15) is 8.42 Å². The molecule has 4 rings (SSSR count). The molecule has 0 bridgehead atoms. The van der Waals surface area contributed by atoms with E-state index in [4.69, 9.17) is 9.47 Å². The second kappa shape index (κ2) is 7.79. The van der Waals surface area contributed by atoms with Crippen molar-refractivity contribution in [1.29, 1.82) is 0 Å². The first kappa shape index (κ1) is 19.3. The summed E-state index contributed by atoms with van der Waals surface area (Å²) in [4.78, 5) is 2.86. The molecule has 3 aliphatic rings. The lowest BCUT2D eigenvalue weighted by molar-refractivity contribution is -0.0718. The fourth-order valence-electron chi connectivity index (χ4n) is 4.81. The van der Waals surface area contributed by atoms with Crippen molar-refractivity contribution in [2.24, 2.45) is 5.41 Å². The molecule has 150 valence electrons. The summed E-state index contributed by atoms with van der Waals surface area (Å²) in [6, 6.07) is 7.47. The number of sulfonamides is 1. The first-order chi connectivity index (χ1) is 13.0. The summed E-state index contributed by atoms with van der Waals surface area (Å²) in [5, 5.41) is 0. The molecule has 2 heterocycles. The van der Waals surface area contributed by atoms with Gasteiger partial charge in [-0.15, -0.1) is 0 Å². The summed E-state index contributed by atoms with van der Waals surface area (Å²) in [5.41, 5.74) is 1.29. The summed E-state index contributed by atoms with van der Waals surface area (Å²) in [6.07, 6.45) is 3.90. The number of benzene rings is 1. The summed E-state index contributed by atoms with van der Waals surface area (Å²) < 4.78 is 38.9. The maximum absolute atomic E-state index is 13.1. The fourth-order valence-corrected chi connectivity index (χ4v) is 6.43. The number of hydrogen-bond donors (Lipinski definition) is 0. The quantitative estimate of drug-likeness (QED) is 0.740. The van der Waals surface area contributed by atoms with E-state index in [2.05, 4.69) is 11.8 Å². The molecule has 3 fully saturated rings. The Hall–Kier alpha value is -0.990. The van der Waals surface area contributed by atoms with Crippen LogP contribution in [-0.4, -0.2) is 69.7 Å². The van der Waals surface area contributed by atoms with E-state index in [1.165, 1.54) is 6.42 Å². The van der Waals surface area contributed by atoms with Gasteiger partial charge in [0.2, 0.25) is 10.0 Å². The van der Waals surface area contributed by atoms with Crippen LogP contribution >= 0.6 is 0 Å². The molecule has 7 heteroatoms. The molecule has 6 nitrogen and oxygen atoms in total. The van der Waals surface area contributed by atoms with Crippen LogP contribution in [0.4, 0.5) is 0 Å². The van der Waals surface area contributed by atoms with Crippen LogP contribution in [0.3, 0.4) is 0 Å². The molecule has 1 aromatic carbocycles. The minimum atomic E-state index is -3.46. The molecular weight excluding hydrogens is 364 g/mol. The molecule has 0 N–H and O–H groups in total. The topological polar surface area (TPSA) is 59.1 Å². The number of ether oxygens (including phenoxy) is 2. The van der Waals surface area contributed by atoms with E-state index < -0.39 is 10.0 Å². The van der Waals surface area contributed by atoms with Crippen molar-refractivity contribution in [2.75, 3.05) is 46.0 Å². The molecule has 0 amide bonds. The predicted molar refractivity (Wildman–Crippen MR) is 103 cm³/mol. The molecular formula is C20H30N2O4S. The maximum Gasteiger partial charge on any atom is 0.243 e. The molecule has 0 radical (unpaired) electrons. The Kier molecular flexibility index (Phi) is 5.58. The third-order valence-electron chi connectivity index (χ3n) is 6.20. The fraction of sp³-hybridized carbons (Fsp3) is 0.700. The summed E-state index contributed by atoms with van der Waals surface area (Å²) in [6.45, 7) is 7.42. The van der Waals surface area contributed by atoms with E-state index in [0.717, 1.165) is 38.1 Å². The van der Waals surface area contributed by atoms with Gasteiger partial charge in [-0.25, -0.2) is 8.42 Å². The van der Waals surface area contributed by atoms with Crippen LogP contribution in [0.2, 0.25) is 0 Å². The van der Waals surface area contributed by atoms with Gasteiger partial charge in [0.05, 0.1) is 24.2 Å². The third-order valence-corrected chi connectivity index (χ3v) is 8.19. The molecule has 1 spiro atoms. The van der Waals surface area contributed by atoms with Crippen molar-refractivity contribution >= 4 is 10.0 Å². The second-order valence-electron chi connectivity index (χ2n) is 8.07. The predicted octanol–water partition coefficient (Wildman–Crippen LogP) is 2.10. The molecule has 2 aliphatic heterocycles. The number of morpholine rings is 1. The van der Waals surface area contributed by atoms with Crippen LogP contribution in [0.5, 0.6) is 0 Å². The van der Waals surface area contributed by atoms with E-state index in [0.29, 0.717) is 49.3 Å². The van der Waals surface area contributed by atoms with Gasteiger partial charge < -0.3 is 9.47 Å². The van der Waals surface area contributed by atoms with Crippen LogP contribution in [0.15, 0.2) is 29.2 Å². The van der Waals surface area contributed by atoms with Crippen molar-refractivity contribution in [3.8, 4) is 0 Å². The molecule has 1 aliphatic carbocycles. The Morgan fingerprint density at radius 2 is 1.93 bits per heavy atom. The van der Waals surface area contributed by atoms with Crippen LogP contribution in [-0.2, 0) is 26.0 Å². The third kappa shape index (κ3) is 3.93. The number of hydrogen-bond acceptors (Lipinski definition) is 5. The Balaban J connectivity index is 1.45. The lowest BCUT2D eigenvalue weighted by Gasteiger charge is -2.45. The molecule has 1 saturated carbocycles. The van der Waals surface area contributed by atoms with Gasteiger partial charge in [0, 0.05) is 32.8 Å². The van der Waals surface area contributed by atoms with Gasteiger partial charge in [0.15, 0.2) is 0 Å². The smallest absolute Gasteiger partial charge is 0.243 e. The number of nitrogens with zero attached hydrogens (tertiary/aromatic N) is 2. The Labute approximate surface area is 162 Å². The zero-order valence-corrected chi connectivity index (χ0v) is 16.9. The summed E-state index contributed by atoms with van der Waals surface area (Å²) >= 11 is 0. The van der Waals surface area contributed by atoms with Gasteiger partial charge in [0.25, 0.3) is 0 Å². The van der Waals surface area contributed by atoms with Gasteiger partial charge in [-0.2, -0.15) is 4.31 Å². The van der Waals surface area contributed by atoms with Crippen LogP contribution in [0.25, 0.3) is 0 Å². The largest absolute Gasteiger partial charge is 0.379 e. The first-order valence-corrected chi connectivity index (χ1v) is 11.5. The monoisotopic (exact) mass is 394 g/mol. The summed E-state index contributed by atoms with van der Waals surface area (Å²) in [5.74, 6) is 0. The molecule has 0 atom stereocenters. The lowest BCUT2D eigenvalue weighted by atomic mass is 9.66. The number of likely N-dealkylation sites (tertiary alicyclic amines) is 1. The van der Waals surface area contributed by atoms with Gasteiger partial charge in [-0.3, -0.25) is 4.90 Å². The average Bonchev–Trinajstić information content (AvgIpc) is 3.07. The van der Waals surface area contributed by atoms with Crippen molar-refractivity contribution in [3.05, 3.63) is 29.8 Å². The molecule has 0 unspecified atom stereocenters. The molecule has 27 heavy (non-hydrogen) atoms. The van der Waals surface area contributed by atoms with Gasteiger partial charge in [-0.1, -0.05) is 18.2 Å². The summed E-state index contributed by atoms with van der Waals surface area (Å²) in [7, 11) is -3.46. The zero-order chi connectivity index (χ0) is 18.9. The van der Waals surface area contributed by atoms with Crippen LogP contribution in [0.1, 0.15) is 31.7 Å². The minimum absolute atomic E-state index is 0.387.